The van der Waals surface area contributed by atoms with Crippen molar-refractivity contribution in [1.29, 1.82) is 0 Å². The molecule has 2 aromatic rings. The highest BCUT2D eigenvalue weighted by molar-refractivity contribution is 7.19. The largest absolute Gasteiger partial charge is 0.405 e. The highest BCUT2D eigenvalue weighted by Gasteiger charge is 2.32. The number of anilines is 1. The summed E-state index contributed by atoms with van der Waals surface area (Å²) in [6, 6.07) is 1.27. The molecule has 3 rings (SSSR count). The number of hydrogen-bond acceptors (Lipinski definition) is 4. The molecule has 3 nitrogen and oxygen atoms in total. The summed E-state index contributed by atoms with van der Waals surface area (Å²) in [6.07, 6.45) is 0.0791. The van der Waals surface area contributed by atoms with Gasteiger partial charge in [0.1, 0.15) is 22.4 Å². The SMILES string of the molecule is Fc1cncc(-c2nc(C3CC3)c(NCC(F)(F)F)s2)c1. The van der Waals surface area contributed by atoms with E-state index in [0.717, 1.165) is 30.4 Å². The van der Waals surface area contributed by atoms with Gasteiger partial charge in [0, 0.05) is 17.7 Å². The average Bonchev–Trinajstić information content (AvgIpc) is 3.15. The van der Waals surface area contributed by atoms with E-state index < -0.39 is 18.5 Å². The molecule has 1 fully saturated rings. The van der Waals surface area contributed by atoms with Crippen molar-refractivity contribution in [1.82, 2.24) is 9.97 Å². The van der Waals surface area contributed by atoms with Crippen molar-refractivity contribution in [2.45, 2.75) is 24.9 Å². The molecule has 21 heavy (non-hydrogen) atoms. The van der Waals surface area contributed by atoms with E-state index in [1.807, 2.05) is 0 Å². The second kappa shape index (κ2) is 5.25. The van der Waals surface area contributed by atoms with Crippen LogP contribution in [0, 0.1) is 5.82 Å². The van der Waals surface area contributed by atoms with E-state index in [9.17, 15) is 17.6 Å². The van der Waals surface area contributed by atoms with Crippen LogP contribution in [0.4, 0.5) is 22.6 Å². The van der Waals surface area contributed by atoms with Gasteiger partial charge in [-0.2, -0.15) is 13.2 Å². The lowest BCUT2D eigenvalue weighted by atomic mass is 10.3. The normalized spacial score (nSPS) is 15.2. The number of hydrogen-bond donors (Lipinski definition) is 1. The van der Waals surface area contributed by atoms with Gasteiger partial charge in [-0.25, -0.2) is 9.37 Å². The number of rotatable bonds is 4. The topological polar surface area (TPSA) is 37.8 Å². The van der Waals surface area contributed by atoms with Crippen molar-refractivity contribution in [3.63, 3.8) is 0 Å². The van der Waals surface area contributed by atoms with Crippen LogP contribution in [0.2, 0.25) is 0 Å². The number of pyridine rings is 1. The van der Waals surface area contributed by atoms with Crippen LogP contribution in [0.3, 0.4) is 0 Å². The molecule has 0 bridgehead atoms. The summed E-state index contributed by atoms with van der Waals surface area (Å²) in [5.41, 5.74) is 1.12. The third-order valence-corrected chi connectivity index (χ3v) is 4.10. The Labute approximate surface area is 122 Å². The Hall–Kier alpha value is -1.70. The van der Waals surface area contributed by atoms with Gasteiger partial charge in [0.05, 0.1) is 11.9 Å². The standard InChI is InChI=1S/C13H11F4N3S/c14-9-3-8(4-18-5-9)11-20-10(7-1-2-7)12(21-11)19-6-13(15,16)17/h3-5,7,19H,1-2,6H2. The molecule has 2 heterocycles. The maximum absolute atomic E-state index is 13.2. The van der Waals surface area contributed by atoms with Crippen molar-refractivity contribution in [2.24, 2.45) is 0 Å². The Balaban J connectivity index is 1.89. The van der Waals surface area contributed by atoms with Gasteiger partial charge in [-0.1, -0.05) is 11.3 Å². The first-order valence-electron chi connectivity index (χ1n) is 6.34. The molecule has 0 amide bonds. The number of nitrogens with one attached hydrogen (secondary N) is 1. The van der Waals surface area contributed by atoms with E-state index in [-0.39, 0.29) is 5.92 Å². The predicted octanol–water partition coefficient (Wildman–Crippen LogP) is 4.20. The predicted molar refractivity (Wildman–Crippen MR) is 71.8 cm³/mol. The van der Waals surface area contributed by atoms with E-state index in [1.54, 1.807) is 0 Å². The van der Waals surface area contributed by atoms with Gasteiger partial charge < -0.3 is 5.32 Å². The van der Waals surface area contributed by atoms with Crippen LogP contribution in [0.5, 0.6) is 0 Å². The van der Waals surface area contributed by atoms with E-state index in [2.05, 4.69) is 15.3 Å². The Morgan fingerprint density at radius 2 is 2.05 bits per heavy atom. The summed E-state index contributed by atoms with van der Waals surface area (Å²) in [6.45, 7) is -1.10. The maximum atomic E-state index is 13.2. The minimum Gasteiger partial charge on any atom is -0.367 e. The Morgan fingerprint density at radius 1 is 1.29 bits per heavy atom. The number of thiazole rings is 1. The van der Waals surface area contributed by atoms with Crippen molar-refractivity contribution >= 4 is 16.3 Å². The lowest BCUT2D eigenvalue weighted by molar-refractivity contribution is -0.115. The molecule has 1 N–H and O–H groups in total. The summed E-state index contributed by atoms with van der Waals surface area (Å²) >= 11 is 1.10. The molecule has 2 aromatic heterocycles. The van der Waals surface area contributed by atoms with Gasteiger partial charge in [-0.05, 0) is 18.9 Å². The minimum absolute atomic E-state index is 0.201. The van der Waals surface area contributed by atoms with Crippen LogP contribution in [0.15, 0.2) is 18.5 Å². The van der Waals surface area contributed by atoms with Crippen molar-refractivity contribution in [2.75, 3.05) is 11.9 Å². The van der Waals surface area contributed by atoms with Crippen LogP contribution in [0.1, 0.15) is 24.5 Å². The lowest BCUT2D eigenvalue weighted by Gasteiger charge is -2.08. The second-order valence-corrected chi connectivity index (χ2v) is 5.87. The molecular weight excluding hydrogens is 306 g/mol. The zero-order chi connectivity index (χ0) is 15.0. The van der Waals surface area contributed by atoms with E-state index >= 15 is 0 Å². The van der Waals surface area contributed by atoms with E-state index in [0.29, 0.717) is 21.3 Å². The van der Waals surface area contributed by atoms with Crippen LogP contribution >= 0.6 is 11.3 Å². The quantitative estimate of drug-likeness (QED) is 0.859. The third kappa shape index (κ3) is 3.49. The summed E-state index contributed by atoms with van der Waals surface area (Å²) in [4.78, 5) is 8.10. The molecule has 1 aliphatic carbocycles. The molecular formula is C13H11F4N3S. The van der Waals surface area contributed by atoms with Gasteiger partial charge in [0.25, 0.3) is 0 Å². The molecule has 0 aliphatic heterocycles. The molecule has 1 aliphatic rings. The molecule has 1 saturated carbocycles. The monoisotopic (exact) mass is 317 g/mol. The maximum Gasteiger partial charge on any atom is 0.405 e. The first-order chi connectivity index (χ1) is 9.92. The first-order valence-corrected chi connectivity index (χ1v) is 7.16. The van der Waals surface area contributed by atoms with E-state index in [1.165, 1.54) is 12.3 Å². The van der Waals surface area contributed by atoms with Crippen LogP contribution < -0.4 is 5.32 Å². The van der Waals surface area contributed by atoms with E-state index in [4.69, 9.17) is 0 Å². The zero-order valence-electron chi connectivity index (χ0n) is 10.7. The first kappa shape index (κ1) is 14.2. The van der Waals surface area contributed by atoms with Gasteiger partial charge in [-0.3, -0.25) is 4.98 Å². The Kier molecular flexibility index (Phi) is 3.56. The molecule has 0 saturated heterocycles. The molecule has 0 radical (unpaired) electrons. The summed E-state index contributed by atoms with van der Waals surface area (Å²) in [5.74, 6) is -0.298. The fourth-order valence-corrected chi connectivity index (χ4v) is 2.95. The molecule has 0 aromatic carbocycles. The Morgan fingerprint density at radius 3 is 2.67 bits per heavy atom. The number of nitrogens with zero attached hydrogens (tertiary/aromatic N) is 2. The molecule has 8 heteroatoms. The van der Waals surface area contributed by atoms with Crippen LogP contribution in [-0.4, -0.2) is 22.7 Å². The smallest absolute Gasteiger partial charge is 0.367 e. The summed E-state index contributed by atoms with van der Waals surface area (Å²) < 4.78 is 50.2. The molecule has 0 atom stereocenters. The third-order valence-electron chi connectivity index (χ3n) is 3.02. The Bertz CT molecular complexity index is 649. The second-order valence-electron chi connectivity index (χ2n) is 4.87. The van der Waals surface area contributed by atoms with Crippen molar-refractivity contribution in [3.8, 4) is 10.6 Å². The highest BCUT2D eigenvalue weighted by atomic mass is 32.1. The van der Waals surface area contributed by atoms with Crippen LogP contribution in [-0.2, 0) is 0 Å². The highest BCUT2D eigenvalue weighted by Crippen LogP contribution is 2.46. The van der Waals surface area contributed by atoms with Gasteiger partial charge in [0.2, 0.25) is 0 Å². The zero-order valence-corrected chi connectivity index (χ0v) is 11.6. The van der Waals surface area contributed by atoms with Crippen LogP contribution in [0.25, 0.3) is 10.6 Å². The molecule has 112 valence electrons. The number of halogens is 4. The fraction of sp³-hybridized carbons (Fsp3) is 0.385. The summed E-state index contributed by atoms with van der Waals surface area (Å²) in [7, 11) is 0. The minimum atomic E-state index is -4.29. The number of aromatic nitrogens is 2. The lowest BCUT2D eigenvalue weighted by Crippen LogP contribution is -2.21. The van der Waals surface area contributed by atoms with Crippen molar-refractivity contribution in [3.05, 3.63) is 30.0 Å². The van der Waals surface area contributed by atoms with Gasteiger partial charge in [-0.15, -0.1) is 0 Å². The molecule has 0 spiro atoms. The number of alkyl halides is 3. The van der Waals surface area contributed by atoms with Crippen molar-refractivity contribution < 1.29 is 17.6 Å². The fourth-order valence-electron chi connectivity index (χ4n) is 1.92. The summed E-state index contributed by atoms with van der Waals surface area (Å²) in [5, 5.41) is 3.29. The average molecular weight is 317 g/mol. The molecule has 0 unspecified atom stereocenters. The van der Waals surface area contributed by atoms with Gasteiger partial charge in [0.15, 0.2) is 0 Å². The van der Waals surface area contributed by atoms with Gasteiger partial charge >= 0.3 is 6.18 Å².